The van der Waals surface area contributed by atoms with E-state index >= 15 is 0 Å². The van der Waals surface area contributed by atoms with Gasteiger partial charge in [0.1, 0.15) is 18.9 Å². The first-order valence-corrected chi connectivity index (χ1v) is 7.06. The Balaban J connectivity index is 0.000000425. The normalized spacial score (nSPS) is 9.91. The number of aryl methyl sites for hydroxylation is 1. The number of carbonyl (C=O) groups is 1. The van der Waals surface area contributed by atoms with Crippen molar-refractivity contribution in [1.29, 1.82) is 0 Å². The Kier molecular flexibility index (Phi) is 13.1. The molecule has 0 saturated heterocycles. The summed E-state index contributed by atoms with van der Waals surface area (Å²) in [6.45, 7) is 6.64. The fraction of sp³-hybridized carbons (Fsp3) is 0.600. The summed E-state index contributed by atoms with van der Waals surface area (Å²) in [4.78, 5) is 9.93. The summed E-state index contributed by atoms with van der Waals surface area (Å²) in [5, 5.41) is 9.93. The second-order valence-electron chi connectivity index (χ2n) is 4.40. The molecule has 0 fully saturated rings. The number of allylic oxidation sites excluding steroid dienone is 1. The fourth-order valence-electron chi connectivity index (χ4n) is 1.38. The van der Waals surface area contributed by atoms with Crippen molar-refractivity contribution >= 4 is 5.97 Å². The van der Waals surface area contributed by atoms with Gasteiger partial charge in [0.15, 0.2) is 0 Å². The van der Waals surface area contributed by atoms with E-state index in [2.05, 4.69) is 11.1 Å². The van der Waals surface area contributed by atoms with Gasteiger partial charge in [-0.1, -0.05) is 12.7 Å². The lowest BCUT2D eigenvalue weighted by molar-refractivity contribution is -0.671. The van der Waals surface area contributed by atoms with Crippen LogP contribution in [0.4, 0.5) is 0 Å². The molecule has 0 aliphatic rings. The van der Waals surface area contributed by atoms with Crippen molar-refractivity contribution in [3.8, 4) is 0 Å². The molecule has 0 aliphatic carbocycles. The molecular weight excluding hydrogens is 288 g/mol. The van der Waals surface area contributed by atoms with Crippen LogP contribution in [-0.4, -0.2) is 50.7 Å². The minimum atomic E-state index is -1.10. The second-order valence-corrected chi connectivity index (χ2v) is 4.40. The van der Waals surface area contributed by atoms with Gasteiger partial charge < -0.3 is 24.1 Å². The van der Waals surface area contributed by atoms with Gasteiger partial charge in [-0.05, 0) is 0 Å². The molecule has 0 radical (unpaired) electrons. The SMILES string of the molecule is C=CCn1cc[n+](C)c1.COCCOCCOCCC(=O)[O-]. The third-order valence-electron chi connectivity index (χ3n) is 2.42. The molecule has 1 aromatic rings. The smallest absolute Gasteiger partial charge is 0.243 e. The van der Waals surface area contributed by atoms with Gasteiger partial charge in [0.05, 0.1) is 40.1 Å². The zero-order valence-corrected chi connectivity index (χ0v) is 13.4. The van der Waals surface area contributed by atoms with Crippen molar-refractivity contribution in [3.63, 3.8) is 0 Å². The molecule has 0 atom stereocenters. The predicted octanol–water partition coefficient (Wildman–Crippen LogP) is -0.695. The lowest BCUT2D eigenvalue weighted by Crippen LogP contribution is -2.23. The molecule has 0 aromatic carbocycles. The zero-order chi connectivity index (χ0) is 16.6. The van der Waals surface area contributed by atoms with E-state index in [0.29, 0.717) is 26.4 Å². The third-order valence-corrected chi connectivity index (χ3v) is 2.42. The minimum Gasteiger partial charge on any atom is -0.550 e. The van der Waals surface area contributed by atoms with E-state index in [1.165, 1.54) is 0 Å². The maximum absolute atomic E-state index is 9.93. The van der Waals surface area contributed by atoms with Gasteiger partial charge in [-0.2, -0.15) is 0 Å². The van der Waals surface area contributed by atoms with Gasteiger partial charge in [0.2, 0.25) is 6.33 Å². The van der Waals surface area contributed by atoms with Crippen LogP contribution in [0.5, 0.6) is 0 Å². The molecule has 0 bridgehead atoms. The third kappa shape index (κ3) is 13.3. The van der Waals surface area contributed by atoms with Crippen molar-refractivity contribution < 1.29 is 28.7 Å². The maximum atomic E-state index is 9.93. The molecule has 7 heteroatoms. The van der Waals surface area contributed by atoms with Gasteiger partial charge in [-0.15, -0.1) is 0 Å². The first-order valence-electron chi connectivity index (χ1n) is 7.06. The number of carboxylic acid groups (broad SMARTS) is 1. The van der Waals surface area contributed by atoms with Crippen LogP contribution in [0.25, 0.3) is 0 Å². The Morgan fingerprint density at radius 2 is 1.91 bits per heavy atom. The molecule has 0 unspecified atom stereocenters. The van der Waals surface area contributed by atoms with Crippen molar-refractivity contribution in [1.82, 2.24) is 4.57 Å². The summed E-state index contributed by atoms with van der Waals surface area (Å²) < 4.78 is 18.8. The molecule has 22 heavy (non-hydrogen) atoms. The molecule has 0 N–H and O–H groups in total. The number of nitrogens with zero attached hydrogens (tertiary/aromatic N) is 2. The fourth-order valence-corrected chi connectivity index (χ4v) is 1.38. The van der Waals surface area contributed by atoms with Crippen molar-refractivity contribution in [3.05, 3.63) is 31.4 Å². The van der Waals surface area contributed by atoms with Crippen LogP contribution in [0.1, 0.15) is 6.42 Å². The number of carbonyl (C=O) groups excluding carboxylic acids is 1. The number of hydrogen-bond donors (Lipinski definition) is 0. The highest BCUT2D eigenvalue weighted by molar-refractivity contribution is 5.64. The summed E-state index contributed by atoms with van der Waals surface area (Å²) in [6, 6.07) is 0. The molecule has 0 aliphatic heterocycles. The van der Waals surface area contributed by atoms with E-state index in [1.54, 1.807) is 7.11 Å². The average molecular weight is 314 g/mol. The van der Waals surface area contributed by atoms with Gasteiger partial charge in [-0.3, -0.25) is 0 Å². The van der Waals surface area contributed by atoms with E-state index in [9.17, 15) is 9.90 Å². The molecule has 0 spiro atoms. The van der Waals surface area contributed by atoms with Crippen LogP contribution < -0.4 is 9.67 Å². The average Bonchev–Trinajstić information content (AvgIpc) is 2.88. The standard InChI is InChI=1S/C8H16O5.C7H11N2/c1-11-4-5-13-7-6-12-3-2-8(9)10;1-3-4-9-6-5-8(2)7-9/h2-7H2,1H3,(H,9,10);3,5-7H,1,4H2,2H3/q;+1/p-1. The first-order chi connectivity index (χ1) is 10.6. The van der Waals surface area contributed by atoms with Crippen molar-refractivity contribution in [2.45, 2.75) is 13.0 Å². The number of carboxylic acids is 1. The van der Waals surface area contributed by atoms with Crippen LogP contribution in [-0.2, 0) is 32.6 Å². The Morgan fingerprint density at radius 1 is 1.27 bits per heavy atom. The highest BCUT2D eigenvalue weighted by Gasteiger charge is 1.93. The lowest BCUT2D eigenvalue weighted by atomic mass is 10.5. The number of rotatable bonds is 11. The molecule has 126 valence electrons. The van der Waals surface area contributed by atoms with Crippen LogP contribution in [0.15, 0.2) is 31.4 Å². The highest BCUT2D eigenvalue weighted by atomic mass is 16.5. The van der Waals surface area contributed by atoms with Crippen LogP contribution in [0.3, 0.4) is 0 Å². The summed E-state index contributed by atoms with van der Waals surface area (Å²) in [6.07, 6.45) is 7.84. The predicted molar refractivity (Wildman–Crippen MR) is 78.9 cm³/mol. The zero-order valence-electron chi connectivity index (χ0n) is 13.4. The monoisotopic (exact) mass is 314 g/mol. The molecule has 1 aromatic heterocycles. The summed E-state index contributed by atoms with van der Waals surface area (Å²) in [5.74, 6) is -1.10. The van der Waals surface area contributed by atoms with E-state index < -0.39 is 5.97 Å². The summed E-state index contributed by atoms with van der Waals surface area (Å²) in [7, 11) is 3.60. The number of hydrogen-bond acceptors (Lipinski definition) is 5. The largest absolute Gasteiger partial charge is 0.550 e. The molecule has 1 heterocycles. The Hall–Kier alpha value is -1.70. The molecule has 7 nitrogen and oxygen atoms in total. The maximum Gasteiger partial charge on any atom is 0.243 e. The molecule has 0 saturated carbocycles. The van der Waals surface area contributed by atoms with Crippen LogP contribution in [0.2, 0.25) is 0 Å². The summed E-state index contributed by atoms with van der Waals surface area (Å²) >= 11 is 0. The Morgan fingerprint density at radius 3 is 2.41 bits per heavy atom. The molecule has 1 rings (SSSR count). The van der Waals surface area contributed by atoms with E-state index in [-0.39, 0.29) is 13.0 Å². The number of ether oxygens (including phenoxy) is 3. The topological polar surface area (TPSA) is 76.6 Å². The molecule has 0 amide bonds. The van der Waals surface area contributed by atoms with Gasteiger partial charge >= 0.3 is 0 Å². The van der Waals surface area contributed by atoms with Gasteiger partial charge in [0, 0.05) is 19.5 Å². The number of aromatic nitrogens is 2. The highest BCUT2D eigenvalue weighted by Crippen LogP contribution is 1.83. The van der Waals surface area contributed by atoms with Gasteiger partial charge in [0.25, 0.3) is 0 Å². The van der Waals surface area contributed by atoms with Crippen molar-refractivity contribution in [2.75, 3.05) is 40.1 Å². The Bertz CT molecular complexity index is 406. The number of imidazole rings is 1. The van der Waals surface area contributed by atoms with Crippen LogP contribution >= 0.6 is 0 Å². The van der Waals surface area contributed by atoms with Gasteiger partial charge in [-0.25, -0.2) is 9.13 Å². The second kappa shape index (κ2) is 14.2. The van der Waals surface area contributed by atoms with E-state index in [0.717, 1.165) is 6.54 Å². The quantitative estimate of drug-likeness (QED) is 0.307. The summed E-state index contributed by atoms with van der Waals surface area (Å²) in [5.41, 5.74) is 0. The molecular formula is C15H26N2O5. The van der Waals surface area contributed by atoms with E-state index in [1.807, 2.05) is 36.4 Å². The lowest BCUT2D eigenvalue weighted by Gasteiger charge is -2.05. The number of methoxy groups -OCH3 is 1. The van der Waals surface area contributed by atoms with E-state index in [4.69, 9.17) is 14.2 Å². The van der Waals surface area contributed by atoms with Crippen molar-refractivity contribution in [2.24, 2.45) is 7.05 Å². The number of aliphatic carboxylic acids is 1. The first kappa shape index (κ1) is 20.3. The van der Waals surface area contributed by atoms with Crippen LogP contribution in [0, 0.1) is 0 Å². The minimum absolute atomic E-state index is 0.0714. The Labute approximate surface area is 131 Å².